The number of unbranched alkanes of at least 4 members (excludes halogenated alkanes) is 23. The second-order valence-corrected chi connectivity index (χ2v) is 12.4. The predicted octanol–water partition coefficient (Wildman–Crippen LogP) is 13.1. The van der Waals surface area contributed by atoms with Crippen LogP contribution in [0.25, 0.3) is 0 Å². The maximum absolute atomic E-state index is 3.96. The van der Waals surface area contributed by atoms with Gasteiger partial charge in [0.25, 0.3) is 0 Å². The van der Waals surface area contributed by atoms with Gasteiger partial charge in [-0.25, -0.2) is 0 Å². The van der Waals surface area contributed by atoms with E-state index in [0.717, 1.165) is 6.42 Å². The van der Waals surface area contributed by atoms with Crippen LogP contribution in [0.2, 0.25) is 0 Å². The van der Waals surface area contributed by atoms with E-state index >= 15 is 0 Å². The molecule has 0 saturated heterocycles. The highest BCUT2D eigenvalue weighted by Gasteiger charge is 2.07. The van der Waals surface area contributed by atoms with Gasteiger partial charge in [-0.05, 0) is 43.4 Å². The number of hydrogen-bond acceptors (Lipinski definition) is 1. The lowest BCUT2D eigenvalue weighted by Gasteiger charge is -2.25. The van der Waals surface area contributed by atoms with E-state index in [1.165, 1.54) is 191 Å². The first kappa shape index (κ1) is 36.0. The van der Waals surface area contributed by atoms with Crippen molar-refractivity contribution >= 4 is 5.69 Å². The van der Waals surface area contributed by atoms with Gasteiger partial charge < -0.3 is 4.90 Å². The van der Waals surface area contributed by atoms with Gasteiger partial charge in [-0.1, -0.05) is 181 Å². The zero-order valence-electron chi connectivity index (χ0n) is 27.0. The molecule has 1 rings (SSSR count). The fraction of sp³-hybridized carbons (Fsp3) is 0.816. The molecule has 1 heteroatoms. The van der Waals surface area contributed by atoms with Crippen molar-refractivity contribution in [2.75, 3.05) is 18.0 Å². The van der Waals surface area contributed by atoms with Crippen LogP contribution in [0, 0.1) is 6.92 Å². The normalized spacial score (nSPS) is 11.4. The summed E-state index contributed by atoms with van der Waals surface area (Å²) in [6, 6.07) is 9.67. The molecule has 0 aliphatic heterocycles. The molecule has 0 N–H and O–H groups in total. The SMILES string of the molecule is [CH2]CCCCCCCc1ccc(N(CCCCCCCCCCCC)CCCCCCCCCCCC)cc1. The summed E-state index contributed by atoms with van der Waals surface area (Å²) in [7, 11) is 0. The standard InChI is InChI=1S/C38H70N/c1-4-7-10-13-16-18-20-22-25-28-35-39(36-29-26-23-21-19-17-14-11-8-5-2)38-33-31-37(32-34-38)30-27-24-15-12-9-6-3/h31-34H,3-30,35-36H2,1-2H3. The molecule has 1 nitrogen and oxygen atoms in total. The lowest BCUT2D eigenvalue weighted by Crippen LogP contribution is -2.25. The molecule has 0 saturated carbocycles. The fourth-order valence-corrected chi connectivity index (χ4v) is 5.86. The van der Waals surface area contributed by atoms with Crippen LogP contribution in [0.1, 0.15) is 186 Å². The molecule has 0 spiro atoms. The van der Waals surface area contributed by atoms with E-state index in [1.807, 2.05) is 0 Å². The molecule has 1 radical (unpaired) electrons. The van der Waals surface area contributed by atoms with Crippen LogP contribution in [0.3, 0.4) is 0 Å². The summed E-state index contributed by atoms with van der Waals surface area (Å²) in [5, 5.41) is 0. The maximum Gasteiger partial charge on any atom is 0.0366 e. The van der Waals surface area contributed by atoms with Crippen LogP contribution in [0.15, 0.2) is 24.3 Å². The fourth-order valence-electron chi connectivity index (χ4n) is 5.86. The monoisotopic (exact) mass is 541 g/mol. The Morgan fingerprint density at radius 1 is 0.436 bits per heavy atom. The van der Waals surface area contributed by atoms with Crippen molar-refractivity contribution in [3.8, 4) is 0 Å². The van der Waals surface area contributed by atoms with Crippen molar-refractivity contribution in [2.45, 2.75) is 187 Å². The van der Waals surface area contributed by atoms with Gasteiger partial charge >= 0.3 is 0 Å². The molecular formula is C38H70N. The van der Waals surface area contributed by atoms with Crippen molar-refractivity contribution in [3.05, 3.63) is 36.8 Å². The van der Waals surface area contributed by atoms with E-state index < -0.39 is 0 Å². The average Bonchev–Trinajstić information content (AvgIpc) is 2.96. The summed E-state index contributed by atoms with van der Waals surface area (Å²) >= 11 is 0. The first-order chi connectivity index (χ1) is 19.3. The van der Waals surface area contributed by atoms with E-state index in [-0.39, 0.29) is 0 Å². The third-order valence-electron chi connectivity index (χ3n) is 8.58. The van der Waals surface area contributed by atoms with Crippen LogP contribution in [0.4, 0.5) is 5.69 Å². The minimum absolute atomic E-state index is 1.09. The van der Waals surface area contributed by atoms with E-state index in [9.17, 15) is 0 Å². The predicted molar refractivity (Wildman–Crippen MR) is 179 cm³/mol. The molecule has 227 valence electrons. The molecule has 39 heavy (non-hydrogen) atoms. The Balaban J connectivity index is 2.35. The number of anilines is 1. The molecule has 0 aromatic heterocycles. The largest absolute Gasteiger partial charge is 0.372 e. The second-order valence-electron chi connectivity index (χ2n) is 12.4. The van der Waals surface area contributed by atoms with Crippen LogP contribution in [0.5, 0.6) is 0 Å². The van der Waals surface area contributed by atoms with Crippen LogP contribution < -0.4 is 4.90 Å². The molecule has 1 aromatic carbocycles. The third-order valence-corrected chi connectivity index (χ3v) is 8.58. The van der Waals surface area contributed by atoms with Crippen molar-refractivity contribution < 1.29 is 0 Å². The summed E-state index contributed by atoms with van der Waals surface area (Å²) in [6.45, 7) is 11.1. The Labute approximate surface area is 247 Å². The molecule has 0 aliphatic carbocycles. The van der Waals surface area contributed by atoms with Gasteiger partial charge in [0.05, 0.1) is 0 Å². The molecule has 0 amide bonds. The molecule has 0 heterocycles. The van der Waals surface area contributed by atoms with E-state index in [2.05, 4.69) is 49.9 Å². The summed E-state index contributed by atoms with van der Waals surface area (Å²) in [6.07, 6.45) is 37.4. The summed E-state index contributed by atoms with van der Waals surface area (Å²) < 4.78 is 0. The zero-order chi connectivity index (χ0) is 28.1. The first-order valence-electron chi connectivity index (χ1n) is 17.9. The van der Waals surface area contributed by atoms with Gasteiger partial charge in [-0.2, -0.15) is 0 Å². The molecule has 0 unspecified atom stereocenters. The lowest BCUT2D eigenvalue weighted by atomic mass is 10.0. The van der Waals surface area contributed by atoms with Crippen molar-refractivity contribution in [1.29, 1.82) is 0 Å². The smallest absolute Gasteiger partial charge is 0.0366 e. The molecule has 0 aliphatic rings. The Bertz CT molecular complexity index is 567. The van der Waals surface area contributed by atoms with E-state index in [0.29, 0.717) is 0 Å². The Hall–Kier alpha value is -0.980. The minimum Gasteiger partial charge on any atom is -0.372 e. The van der Waals surface area contributed by atoms with Gasteiger partial charge in [-0.3, -0.25) is 0 Å². The Morgan fingerprint density at radius 2 is 0.795 bits per heavy atom. The van der Waals surface area contributed by atoms with Crippen molar-refractivity contribution in [1.82, 2.24) is 0 Å². The number of benzene rings is 1. The number of rotatable bonds is 30. The van der Waals surface area contributed by atoms with Crippen molar-refractivity contribution in [3.63, 3.8) is 0 Å². The van der Waals surface area contributed by atoms with Crippen LogP contribution in [-0.4, -0.2) is 13.1 Å². The molecule has 0 fully saturated rings. The molecule has 0 bridgehead atoms. The zero-order valence-corrected chi connectivity index (χ0v) is 27.0. The third kappa shape index (κ3) is 22.4. The summed E-state index contributed by atoms with van der Waals surface area (Å²) in [5.41, 5.74) is 2.98. The Kier molecular flexibility index (Phi) is 26.4. The molecular weight excluding hydrogens is 470 g/mol. The van der Waals surface area contributed by atoms with Gasteiger partial charge in [-0.15, -0.1) is 0 Å². The second kappa shape index (κ2) is 28.5. The van der Waals surface area contributed by atoms with Gasteiger partial charge in [0.1, 0.15) is 0 Å². The quantitative estimate of drug-likeness (QED) is 0.0877. The number of hydrogen-bond donors (Lipinski definition) is 0. The summed E-state index contributed by atoms with van der Waals surface area (Å²) in [5.74, 6) is 0. The Morgan fingerprint density at radius 3 is 1.21 bits per heavy atom. The highest BCUT2D eigenvalue weighted by molar-refractivity contribution is 5.47. The van der Waals surface area contributed by atoms with Gasteiger partial charge in [0, 0.05) is 18.8 Å². The molecule has 1 aromatic rings. The van der Waals surface area contributed by atoms with E-state index in [4.69, 9.17) is 0 Å². The maximum atomic E-state index is 3.96. The average molecular weight is 541 g/mol. The van der Waals surface area contributed by atoms with Gasteiger partial charge in [0.15, 0.2) is 0 Å². The van der Waals surface area contributed by atoms with Crippen molar-refractivity contribution in [2.24, 2.45) is 0 Å². The molecule has 0 atom stereocenters. The highest BCUT2D eigenvalue weighted by atomic mass is 15.1. The lowest BCUT2D eigenvalue weighted by molar-refractivity contribution is 0.543. The van der Waals surface area contributed by atoms with E-state index in [1.54, 1.807) is 0 Å². The number of aryl methyl sites for hydroxylation is 1. The summed E-state index contributed by atoms with van der Waals surface area (Å²) in [4.78, 5) is 2.71. The van der Waals surface area contributed by atoms with Gasteiger partial charge in [0.2, 0.25) is 0 Å². The van der Waals surface area contributed by atoms with Crippen LogP contribution in [-0.2, 0) is 6.42 Å². The van der Waals surface area contributed by atoms with Crippen LogP contribution >= 0.6 is 0 Å². The highest BCUT2D eigenvalue weighted by Crippen LogP contribution is 2.20. The first-order valence-corrected chi connectivity index (χ1v) is 17.9. The topological polar surface area (TPSA) is 3.24 Å². The minimum atomic E-state index is 1.09. The number of nitrogens with zero attached hydrogens (tertiary/aromatic N) is 1.